The van der Waals surface area contributed by atoms with E-state index in [1.807, 2.05) is 27.7 Å². The second-order valence-electron chi connectivity index (χ2n) is 7.94. The molecule has 0 aliphatic heterocycles. The van der Waals surface area contributed by atoms with Crippen LogP contribution in [0.15, 0.2) is 52.5 Å². The van der Waals surface area contributed by atoms with E-state index in [2.05, 4.69) is 10.5 Å². The van der Waals surface area contributed by atoms with Crippen LogP contribution in [0.1, 0.15) is 33.3 Å². The van der Waals surface area contributed by atoms with Gasteiger partial charge in [-0.15, -0.1) is 0 Å². The molecule has 0 unspecified atom stereocenters. The van der Waals surface area contributed by atoms with Crippen molar-refractivity contribution < 1.29 is 13.3 Å². The van der Waals surface area contributed by atoms with Crippen LogP contribution >= 0.6 is 11.6 Å². The number of halogens is 1. The summed E-state index contributed by atoms with van der Waals surface area (Å²) in [5, 5.41) is 15.9. The van der Waals surface area contributed by atoms with Crippen molar-refractivity contribution in [2.75, 3.05) is 18.5 Å². The van der Waals surface area contributed by atoms with E-state index < -0.39 is 14.9 Å². The Balaban J connectivity index is 2.48. The third-order valence-electron chi connectivity index (χ3n) is 4.23. The van der Waals surface area contributed by atoms with E-state index in [4.69, 9.17) is 11.6 Å². The largest absolute Gasteiger partial charge is 0.277 e. The first-order valence-electron chi connectivity index (χ1n) is 9.84. The van der Waals surface area contributed by atoms with E-state index in [0.29, 0.717) is 23.7 Å². The number of sulfonamides is 1. The molecule has 0 spiro atoms. The Kier molecular flexibility index (Phi) is 8.55. The maximum atomic E-state index is 13.5. The first-order valence-corrected chi connectivity index (χ1v) is 11.7. The summed E-state index contributed by atoms with van der Waals surface area (Å²) in [6.07, 6.45) is 1.46. The molecule has 0 aromatic heterocycles. The lowest BCUT2D eigenvalue weighted by Crippen LogP contribution is -2.37. The molecule has 8 nitrogen and oxygen atoms in total. The van der Waals surface area contributed by atoms with E-state index in [1.165, 1.54) is 22.7 Å². The SMILES string of the molecule is CC(C)CN(CC(C)C)S(=O)(=O)c1cc([N+](=O)[O-])ccc1NN=Cc1ccccc1Cl. The lowest BCUT2D eigenvalue weighted by Gasteiger charge is -2.26. The van der Waals surface area contributed by atoms with E-state index in [9.17, 15) is 18.5 Å². The summed E-state index contributed by atoms with van der Waals surface area (Å²) >= 11 is 6.11. The molecule has 10 heteroatoms. The molecule has 168 valence electrons. The van der Waals surface area contributed by atoms with Crippen molar-refractivity contribution >= 4 is 39.2 Å². The summed E-state index contributed by atoms with van der Waals surface area (Å²) in [4.78, 5) is 10.5. The van der Waals surface area contributed by atoms with Gasteiger partial charge in [-0.3, -0.25) is 15.5 Å². The molecule has 0 heterocycles. The molecule has 0 radical (unpaired) electrons. The first kappa shape index (κ1) is 24.8. The van der Waals surface area contributed by atoms with Crippen LogP contribution in [-0.4, -0.2) is 37.0 Å². The molecular weight excluding hydrogens is 440 g/mol. The number of hydrazone groups is 1. The van der Waals surface area contributed by atoms with E-state index in [-0.39, 0.29) is 28.1 Å². The van der Waals surface area contributed by atoms with Crippen LogP contribution in [0.5, 0.6) is 0 Å². The van der Waals surface area contributed by atoms with Crippen molar-refractivity contribution in [2.45, 2.75) is 32.6 Å². The molecule has 0 fully saturated rings. The van der Waals surface area contributed by atoms with Crippen LogP contribution in [0, 0.1) is 22.0 Å². The van der Waals surface area contributed by atoms with Crippen molar-refractivity contribution in [1.29, 1.82) is 0 Å². The quantitative estimate of drug-likeness (QED) is 0.301. The number of nitro benzene ring substituents is 1. The van der Waals surface area contributed by atoms with Gasteiger partial charge in [-0.25, -0.2) is 8.42 Å². The topological polar surface area (TPSA) is 105 Å². The summed E-state index contributed by atoms with van der Waals surface area (Å²) in [6.45, 7) is 8.27. The third-order valence-corrected chi connectivity index (χ3v) is 6.44. The number of hydrogen-bond donors (Lipinski definition) is 1. The van der Waals surface area contributed by atoms with Crippen molar-refractivity contribution in [3.05, 3.63) is 63.2 Å². The molecule has 0 bridgehead atoms. The summed E-state index contributed by atoms with van der Waals surface area (Å²) in [6, 6.07) is 10.7. The summed E-state index contributed by atoms with van der Waals surface area (Å²) in [5.74, 6) is 0.170. The fourth-order valence-electron chi connectivity index (χ4n) is 2.91. The Morgan fingerprint density at radius 1 is 1.13 bits per heavy atom. The number of non-ortho nitro benzene ring substituents is 1. The van der Waals surface area contributed by atoms with Crippen LogP contribution < -0.4 is 5.43 Å². The Morgan fingerprint density at radius 3 is 2.29 bits per heavy atom. The molecule has 2 aromatic carbocycles. The molecule has 0 saturated carbocycles. The summed E-state index contributed by atoms with van der Waals surface area (Å²) in [7, 11) is -4.01. The van der Waals surface area contributed by atoms with Gasteiger partial charge in [0.25, 0.3) is 5.69 Å². The fourth-order valence-corrected chi connectivity index (χ4v) is 5.02. The summed E-state index contributed by atoms with van der Waals surface area (Å²) in [5.41, 5.74) is 3.18. The van der Waals surface area contributed by atoms with Gasteiger partial charge in [0.05, 0.1) is 16.8 Å². The highest BCUT2D eigenvalue weighted by atomic mass is 35.5. The Hall–Kier alpha value is -2.49. The number of nitrogens with one attached hydrogen (secondary N) is 1. The molecule has 1 N–H and O–H groups in total. The van der Waals surface area contributed by atoms with Gasteiger partial charge in [0.1, 0.15) is 4.90 Å². The second-order valence-corrected chi connectivity index (χ2v) is 10.3. The second kappa shape index (κ2) is 10.7. The zero-order valence-electron chi connectivity index (χ0n) is 17.9. The monoisotopic (exact) mass is 466 g/mol. The van der Waals surface area contributed by atoms with Gasteiger partial charge in [0.15, 0.2) is 0 Å². The number of nitro groups is 1. The van der Waals surface area contributed by atoms with Crippen molar-refractivity contribution in [3.63, 3.8) is 0 Å². The van der Waals surface area contributed by atoms with Crippen LogP contribution in [0.3, 0.4) is 0 Å². The van der Waals surface area contributed by atoms with Crippen molar-refractivity contribution in [3.8, 4) is 0 Å². The zero-order valence-corrected chi connectivity index (χ0v) is 19.5. The highest BCUT2D eigenvalue weighted by Crippen LogP contribution is 2.30. The predicted octanol–water partition coefficient (Wildman–Crippen LogP) is 5.00. The molecule has 0 saturated heterocycles. The van der Waals surface area contributed by atoms with Gasteiger partial charge < -0.3 is 0 Å². The van der Waals surface area contributed by atoms with Gasteiger partial charge >= 0.3 is 0 Å². The fraction of sp³-hybridized carbons (Fsp3) is 0.381. The summed E-state index contributed by atoms with van der Waals surface area (Å²) < 4.78 is 28.3. The molecule has 0 aliphatic carbocycles. The van der Waals surface area contributed by atoms with Crippen molar-refractivity contribution in [2.24, 2.45) is 16.9 Å². The van der Waals surface area contributed by atoms with Crippen LogP contribution in [-0.2, 0) is 10.0 Å². The normalized spacial score (nSPS) is 12.3. The van der Waals surface area contributed by atoms with Gasteiger partial charge in [0.2, 0.25) is 10.0 Å². The van der Waals surface area contributed by atoms with Crippen LogP contribution in [0.4, 0.5) is 11.4 Å². The molecule has 0 amide bonds. The lowest BCUT2D eigenvalue weighted by molar-refractivity contribution is -0.385. The number of anilines is 1. The smallest absolute Gasteiger partial charge is 0.270 e. The van der Waals surface area contributed by atoms with Crippen LogP contribution in [0.2, 0.25) is 5.02 Å². The number of nitrogens with zero attached hydrogens (tertiary/aromatic N) is 3. The lowest BCUT2D eigenvalue weighted by atomic mass is 10.2. The van der Waals surface area contributed by atoms with Crippen molar-refractivity contribution in [1.82, 2.24) is 4.31 Å². The first-order chi connectivity index (χ1) is 14.5. The van der Waals surface area contributed by atoms with Gasteiger partial charge in [-0.2, -0.15) is 9.41 Å². The maximum Gasteiger partial charge on any atom is 0.270 e. The molecule has 2 aromatic rings. The Morgan fingerprint density at radius 2 is 1.74 bits per heavy atom. The van der Waals surface area contributed by atoms with E-state index in [0.717, 1.165) is 6.07 Å². The Bertz CT molecular complexity index is 1050. The number of benzene rings is 2. The molecule has 2 rings (SSSR count). The van der Waals surface area contributed by atoms with E-state index in [1.54, 1.807) is 24.3 Å². The molecule has 0 aliphatic rings. The third kappa shape index (κ3) is 6.75. The Labute approximate surface area is 188 Å². The molecule has 0 atom stereocenters. The van der Waals surface area contributed by atoms with E-state index >= 15 is 0 Å². The van der Waals surface area contributed by atoms with Gasteiger partial charge in [0, 0.05) is 35.8 Å². The minimum absolute atomic E-state index is 0.0851. The average Bonchev–Trinajstić information content (AvgIpc) is 2.68. The standard InChI is InChI=1S/C21H27ClN4O4S/c1-15(2)13-25(14-16(3)4)31(29,30)21-11-18(26(27)28)9-10-20(21)24-23-12-17-7-5-6-8-19(17)22/h5-12,15-16,24H,13-14H2,1-4H3. The highest BCUT2D eigenvalue weighted by Gasteiger charge is 2.30. The van der Waals surface area contributed by atoms with Gasteiger partial charge in [-0.1, -0.05) is 57.5 Å². The molecule has 31 heavy (non-hydrogen) atoms. The number of rotatable bonds is 10. The molecular formula is C21H27ClN4O4S. The average molecular weight is 467 g/mol. The zero-order chi connectivity index (χ0) is 23.2. The predicted molar refractivity (Wildman–Crippen MR) is 124 cm³/mol. The highest BCUT2D eigenvalue weighted by molar-refractivity contribution is 7.89. The van der Waals surface area contributed by atoms with Gasteiger partial charge in [-0.05, 0) is 24.0 Å². The van der Waals surface area contributed by atoms with Crippen LogP contribution in [0.25, 0.3) is 0 Å². The number of hydrogen-bond acceptors (Lipinski definition) is 6. The maximum absolute atomic E-state index is 13.5. The minimum Gasteiger partial charge on any atom is -0.277 e. The minimum atomic E-state index is -4.01.